The zero-order valence-corrected chi connectivity index (χ0v) is 11.0. The summed E-state index contributed by atoms with van der Waals surface area (Å²) >= 11 is 5.49. The highest BCUT2D eigenvalue weighted by Crippen LogP contribution is 2.08. The summed E-state index contributed by atoms with van der Waals surface area (Å²) in [5.74, 6) is 0.605. The average Bonchev–Trinajstić information content (AvgIpc) is 2.73. The summed E-state index contributed by atoms with van der Waals surface area (Å²) in [6.45, 7) is 0.0917. The molecular weight excluding hydrogens is 278 g/mol. The number of rotatable bonds is 4. The monoisotopic (exact) mass is 287 g/mol. The Morgan fingerprint density at radius 3 is 2.56 bits per heavy atom. The van der Waals surface area contributed by atoms with Gasteiger partial charge in [-0.1, -0.05) is 0 Å². The Balaban J connectivity index is 2.13. The standard InChI is InChI=1S/C9H10ClN5O2S/c1-15-3-2-11-8(15)6-14-18(16,17)7-4-12-9(10)13-5-7/h2-5,14H,6H2,1H3. The van der Waals surface area contributed by atoms with Gasteiger partial charge in [0.1, 0.15) is 10.7 Å². The SMILES string of the molecule is Cn1ccnc1CNS(=O)(=O)c1cnc(Cl)nc1. The quantitative estimate of drug-likeness (QED) is 0.819. The van der Waals surface area contributed by atoms with Gasteiger partial charge in [0.25, 0.3) is 0 Å². The molecule has 0 fully saturated rings. The Bertz CT molecular complexity index is 637. The molecule has 0 saturated carbocycles. The maximum atomic E-state index is 11.9. The van der Waals surface area contributed by atoms with E-state index < -0.39 is 10.0 Å². The molecule has 0 amide bonds. The van der Waals surface area contributed by atoms with E-state index in [4.69, 9.17) is 11.6 Å². The van der Waals surface area contributed by atoms with Gasteiger partial charge in [-0.05, 0) is 11.6 Å². The molecule has 2 aromatic heterocycles. The van der Waals surface area contributed by atoms with Crippen LogP contribution < -0.4 is 4.72 Å². The maximum absolute atomic E-state index is 11.9. The summed E-state index contributed by atoms with van der Waals surface area (Å²) in [5.41, 5.74) is 0. The molecule has 0 radical (unpaired) electrons. The second kappa shape index (κ2) is 5.01. The Kier molecular flexibility index (Phi) is 3.60. The first-order valence-corrected chi connectivity index (χ1v) is 6.78. The lowest BCUT2D eigenvalue weighted by Gasteiger charge is -2.06. The molecule has 9 heteroatoms. The fourth-order valence-corrected chi connectivity index (χ4v) is 2.22. The highest BCUT2D eigenvalue weighted by Gasteiger charge is 2.15. The van der Waals surface area contributed by atoms with Gasteiger partial charge < -0.3 is 4.57 Å². The number of aryl methyl sites for hydroxylation is 1. The summed E-state index contributed by atoms with van der Waals surface area (Å²) in [4.78, 5) is 11.2. The number of hydrogen-bond donors (Lipinski definition) is 1. The van der Waals surface area contributed by atoms with Crippen molar-refractivity contribution in [3.63, 3.8) is 0 Å². The number of nitrogens with one attached hydrogen (secondary N) is 1. The van der Waals surface area contributed by atoms with Crippen LogP contribution in [0, 0.1) is 0 Å². The molecule has 96 valence electrons. The Hall–Kier alpha value is -1.51. The molecule has 0 aliphatic rings. The molecule has 0 aliphatic heterocycles. The molecule has 1 N–H and O–H groups in total. The fourth-order valence-electron chi connectivity index (χ4n) is 1.25. The smallest absolute Gasteiger partial charge is 0.244 e. The topological polar surface area (TPSA) is 89.8 Å². The summed E-state index contributed by atoms with van der Waals surface area (Å²) in [7, 11) is -1.88. The molecule has 18 heavy (non-hydrogen) atoms. The van der Waals surface area contributed by atoms with Crippen molar-refractivity contribution in [3.8, 4) is 0 Å². The van der Waals surface area contributed by atoms with Crippen molar-refractivity contribution < 1.29 is 8.42 Å². The van der Waals surface area contributed by atoms with Crippen LogP contribution in [0.5, 0.6) is 0 Å². The minimum Gasteiger partial charge on any atom is -0.337 e. The Morgan fingerprint density at radius 1 is 1.33 bits per heavy atom. The third-order valence-electron chi connectivity index (χ3n) is 2.25. The van der Waals surface area contributed by atoms with Crippen molar-refractivity contribution in [3.05, 3.63) is 35.9 Å². The molecule has 2 rings (SSSR count). The van der Waals surface area contributed by atoms with Crippen LogP contribution in [0.25, 0.3) is 0 Å². The van der Waals surface area contributed by atoms with E-state index in [0.29, 0.717) is 5.82 Å². The first-order valence-electron chi connectivity index (χ1n) is 4.92. The second-order valence-corrected chi connectivity index (χ2v) is 5.57. The van der Waals surface area contributed by atoms with Crippen LogP contribution in [-0.4, -0.2) is 27.9 Å². The van der Waals surface area contributed by atoms with Gasteiger partial charge >= 0.3 is 0 Å². The summed E-state index contributed by atoms with van der Waals surface area (Å²) in [5, 5.41) is -0.00180. The van der Waals surface area contributed by atoms with Crippen molar-refractivity contribution in [2.45, 2.75) is 11.4 Å². The van der Waals surface area contributed by atoms with Gasteiger partial charge in [-0.25, -0.2) is 28.1 Å². The van der Waals surface area contributed by atoms with Crippen LogP contribution in [0.3, 0.4) is 0 Å². The third kappa shape index (κ3) is 2.84. The molecule has 2 heterocycles. The zero-order chi connectivity index (χ0) is 13.2. The van der Waals surface area contributed by atoms with Crippen molar-refractivity contribution in [2.24, 2.45) is 7.05 Å². The van der Waals surface area contributed by atoms with Crippen molar-refractivity contribution in [1.29, 1.82) is 0 Å². The van der Waals surface area contributed by atoms with E-state index in [-0.39, 0.29) is 16.7 Å². The van der Waals surface area contributed by atoms with Crippen molar-refractivity contribution >= 4 is 21.6 Å². The van der Waals surface area contributed by atoms with Gasteiger partial charge in [-0.2, -0.15) is 0 Å². The van der Waals surface area contributed by atoms with E-state index in [1.807, 2.05) is 0 Å². The highest BCUT2D eigenvalue weighted by atomic mass is 35.5. The van der Waals surface area contributed by atoms with E-state index in [1.165, 1.54) is 0 Å². The minimum absolute atomic E-state index is 0.00180. The molecule has 0 aliphatic carbocycles. The molecule has 0 bridgehead atoms. The average molecular weight is 288 g/mol. The lowest BCUT2D eigenvalue weighted by Crippen LogP contribution is -2.25. The summed E-state index contributed by atoms with van der Waals surface area (Å²) < 4.78 is 27.9. The Labute approximate surface area is 109 Å². The van der Waals surface area contributed by atoms with Crippen LogP contribution in [0.15, 0.2) is 29.7 Å². The predicted molar refractivity (Wildman–Crippen MR) is 64.3 cm³/mol. The molecular formula is C9H10ClN5O2S. The second-order valence-electron chi connectivity index (χ2n) is 3.47. The molecule has 0 atom stereocenters. The summed E-state index contributed by atoms with van der Waals surface area (Å²) in [6.07, 6.45) is 5.62. The molecule has 0 spiro atoms. The van der Waals surface area contributed by atoms with E-state index in [2.05, 4.69) is 19.7 Å². The highest BCUT2D eigenvalue weighted by molar-refractivity contribution is 7.89. The van der Waals surface area contributed by atoms with Gasteiger partial charge in [0.15, 0.2) is 0 Å². The Morgan fingerprint density at radius 2 is 2.00 bits per heavy atom. The van der Waals surface area contributed by atoms with Gasteiger partial charge in [-0.15, -0.1) is 0 Å². The normalized spacial score (nSPS) is 11.7. The molecule has 7 nitrogen and oxygen atoms in total. The van der Waals surface area contributed by atoms with E-state index in [9.17, 15) is 8.42 Å². The predicted octanol–water partition coefficient (Wildman–Crippen LogP) is 0.342. The van der Waals surface area contributed by atoms with Gasteiger partial charge in [0.05, 0.1) is 18.9 Å². The first-order chi connectivity index (χ1) is 8.49. The van der Waals surface area contributed by atoms with Crippen LogP contribution in [0.1, 0.15) is 5.82 Å². The molecule has 0 aromatic carbocycles. The lowest BCUT2D eigenvalue weighted by atomic mass is 10.6. The number of hydrogen-bond acceptors (Lipinski definition) is 5. The van der Waals surface area contributed by atoms with Gasteiger partial charge in [-0.3, -0.25) is 0 Å². The molecule has 2 aromatic rings. The number of nitrogens with zero attached hydrogens (tertiary/aromatic N) is 4. The number of imidazole rings is 1. The third-order valence-corrected chi connectivity index (χ3v) is 3.80. The summed E-state index contributed by atoms with van der Waals surface area (Å²) in [6, 6.07) is 0. The molecule has 0 unspecified atom stereocenters. The van der Waals surface area contributed by atoms with E-state index in [1.54, 1.807) is 24.0 Å². The van der Waals surface area contributed by atoms with Crippen LogP contribution in [0.2, 0.25) is 5.28 Å². The van der Waals surface area contributed by atoms with E-state index >= 15 is 0 Å². The van der Waals surface area contributed by atoms with Crippen molar-refractivity contribution in [2.75, 3.05) is 0 Å². The lowest BCUT2D eigenvalue weighted by molar-refractivity contribution is 0.576. The number of sulfonamides is 1. The number of aromatic nitrogens is 4. The van der Waals surface area contributed by atoms with E-state index in [0.717, 1.165) is 12.4 Å². The van der Waals surface area contributed by atoms with Gasteiger partial charge in [0.2, 0.25) is 15.3 Å². The fraction of sp³-hybridized carbons (Fsp3) is 0.222. The van der Waals surface area contributed by atoms with Crippen molar-refractivity contribution in [1.82, 2.24) is 24.2 Å². The van der Waals surface area contributed by atoms with Crippen LogP contribution >= 0.6 is 11.6 Å². The largest absolute Gasteiger partial charge is 0.337 e. The number of halogens is 1. The maximum Gasteiger partial charge on any atom is 0.244 e. The van der Waals surface area contributed by atoms with Gasteiger partial charge in [0, 0.05) is 19.4 Å². The first kappa shape index (κ1) is 12.9. The van der Waals surface area contributed by atoms with Crippen LogP contribution in [0.4, 0.5) is 0 Å². The minimum atomic E-state index is -3.66. The molecule has 0 saturated heterocycles. The van der Waals surface area contributed by atoms with Crippen LogP contribution in [-0.2, 0) is 23.6 Å². The zero-order valence-electron chi connectivity index (χ0n) is 9.41.